The lowest BCUT2D eigenvalue weighted by Crippen LogP contribution is -2.22. The largest absolute Gasteiger partial charge is 0.478 e. The first-order valence-electron chi connectivity index (χ1n) is 4.66. The van der Waals surface area contributed by atoms with Crippen LogP contribution < -0.4 is 5.32 Å². The number of aromatic carboxylic acids is 1. The molecule has 17 heavy (non-hydrogen) atoms. The van der Waals surface area contributed by atoms with Crippen LogP contribution in [0, 0.1) is 11.6 Å². The first-order chi connectivity index (χ1) is 7.95. The van der Waals surface area contributed by atoms with Gasteiger partial charge in [-0.15, -0.1) is 11.6 Å². The Balaban J connectivity index is 2.96. The third kappa shape index (κ3) is 3.54. The predicted molar refractivity (Wildman–Crippen MR) is 58.5 cm³/mol. The van der Waals surface area contributed by atoms with Gasteiger partial charge in [-0.3, -0.25) is 0 Å². The van der Waals surface area contributed by atoms with Gasteiger partial charge in [0.05, 0.1) is 23.2 Å². The van der Waals surface area contributed by atoms with Crippen LogP contribution in [0.15, 0.2) is 12.1 Å². The van der Waals surface area contributed by atoms with Crippen LogP contribution in [-0.2, 0) is 0 Å². The number of halogens is 3. The number of aliphatic hydroxyl groups excluding tert-OH is 1. The van der Waals surface area contributed by atoms with Gasteiger partial charge in [-0.05, 0) is 6.07 Å². The van der Waals surface area contributed by atoms with Crippen LogP contribution in [0.4, 0.5) is 14.5 Å². The Labute approximate surface area is 101 Å². The molecule has 7 heteroatoms. The molecule has 0 amide bonds. The Bertz CT molecular complexity index is 428. The van der Waals surface area contributed by atoms with E-state index in [9.17, 15) is 13.6 Å². The Hall–Kier alpha value is -1.40. The summed E-state index contributed by atoms with van der Waals surface area (Å²) in [6.07, 6.45) is -0.911. The number of hydrogen-bond acceptors (Lipinski definition) is 3. The number of anilines is 1. The lowest BCUT2D eigenvalue weighted by Gasteiger charge is -2.12. The molecule has 1 unspecified atom stereocenters. The number of rotatable bonds is 5. The minimum Gasteiger partial charge on any atom is -0.478 e. The number of carboxylic acid groups (broad SMARTS) is 1. The number of carbonyl (C=O) groups is 1. The minimum absolute atomic E-state index is 0.0565. The van der Waals surface area contributed by atoms with Gasteiger partial charge in [0.2, 0.25) is 0 Å². The van der Waals surface area contributed by atoms with Crippen LogP contribution in [0.2, 0.25) is 0 Å². The molecule has 0 aliphatic carbocycles. The van der Waals surface area contributed by atoms with Crippen molar-refractivity contribution in [1.29, 1.82) is 0 Å². The van der Waals surface area contributed by atoms with Crippen molar-refractivity contribution in [3.8, 4) is 0 Å². The van der Waals surface area contributed by atoms with Gasteiger partial charge in [0.25, 0.3) is 0 Å². The highest BCUT2D eigenvalue weighted by molar-refractivity contribution is 6.18. The van der Waals surface area contributed by atoms with Gasteiger partial charge in [-0.1, -0.05) is 0 Å². The lowest BCUT2D eigenvalue weighted by atomic mass is 10.1. The summed E-state index contributed by atoms with van der Waals surface area (Å²) in [7, 11) is 0. The molecule has 0 spiro atoms. The third-order valence-electron chi connectivity index (χ3n) is 2.00. The van der Waals surface area contributed by atoms with Crippen LogP contribution in [0.5, 0.6) is 0 Å². The van der Waals surface area contributed by atoms with Crippen LogP contribution in [0.1, 0.15) is 10.4 Å². The molecule has 0 saturated carbocycles. The van der Waals surface area contributed by atoms with Crippen LogP contribution in [0.3, 0.4) is 0 Å². The monoisotopic (exact) mass is 265 g/mol. The zero-order valence-electron chi connectivity index (χ0n) is 8.58. The Morgan fingerprint density at radius 2 is 2.00 bits per heavy atom. The number of hydrogen-bond donors (Lipinski definition) is 3. The average Bonchev–Trinajstić information content (AvgIpc) is 2.29. The number of nitrogens with one attached hydrogen (secondary N) is 1. The van der Waals surface area contributed by atoms with Gasteiger partial charge in [0, 0.05) is 12.6 Å². The van der Waals surface area contributed by atoms with E-state index in [0.717, 1.165) is 6.07 Å². The molecule has 4 nitrogen and oxygen atoms in total. The molecular formula is C10H10ClF2NO3. The molecule has 0 aromatic heterocycles. The van der Waals surface area contributed by atoms with Crippen molar-refractivity contribution in [2.24, 2.45) is 0 Å². The highest BCUT2D eigenvalue weighted by Crippen LogP contribution is 2.20. The molecule has 1 aromatic rings. The number of benzene rings is 1. The van der Waals surface area contributed by atoms with E-state index in [0.29, 0.717) is 6.07 Å². The molecule has 3 N–H and O–H groups in total. The Morgan fingerprint density at radius 1 is 1.41 bits per heavy atom. The van der Waals surface area contributed by atoms with Crippen LogP contribution >= 0.6 is 11.6 Å². The fraction of sp³-hybridized carbons (Fsp3) is 0.300. The highest BCUT2D eigenvalue weighted by Gasteiger charge is 2.15. The normalized spacial score (nSPS) is 12.2. The molecular weight excluding hydrogens is 256 g/mol. The Kier molecular flexibility index (Phi) is 4.65. The summed E-state index contributed by atoms with van der Waals surface area (Å²) in [5, 5.41) is 20.4. The summed E-state index contributed by atoms with van der Waals surface area (Å²) in [6.45, 7) is -0.0607. The molecule has 0 bridgehead atoms. The molecule has 0 heterocycles. The smallest absolute Gasteiger partial charge is 0.337 e. The molecule has 0 aliphatic heterocycles. The van der Waals surface area contributed by atoms with Crippen LogP contribution in [0.25, 0.3) is 0 Å². The maximum atomic E-state index is 12.9. The summed E-state index contributed by atoms with van der Waals surface area (Å²) in [6, 6.07) is 1.30. The van der Waals surface area contributed by atoms with E-state index < -0.39 is 29.3 Å². The van der Waals surface area contributed by atoms with Crippen molar-refractivity contribution in [1.82, 2.24) is 0 Å². The number of aliphatic hydroxyl groups is 1. The van der Waals surface area contributed by atoms with Crippen molar-refractivity contribution >= 4 is 23.3 Å². The van der Waals surface area contributed by atoms with Crippen molar-refractivity contribution in [3.63, 3.8) is 0 Å². The first-order valence-corrected chi connectivity index (χ1v) is 5.19. The van der Waals surface area contributed by atoms with Gasteiger partial charge >= 0.3 is 5.97 Å². The summed E-state index contributed by atoms with van der Waals surface area (Å²) >= 11 is 5.34. The molecule has 0 radical (unpaired) electrons. The van der Waals surface area contributed by atoms with Gasteiger partial charge < -0.3 is 15.5 Å². The van der Waals surface area contributed by atoms with Gasteiger partial charge in [0.15, 0.2) is 11.6 Å². The maximum Gasteiger partial charge on any atom is 0.337 e. The van der Waals surface area contributed by atoms with Crippen molar-refractivity contribution in [2.75, 3.05) is 17.7 Å². The van der Waals surface area contributed by atoms with Crippen molar-refractivity contribution < 1.29 is 23.8 Å². The van der Waals surface area contributed by atoms with E-state index in [1.807, 2.05) is 0 Å². The quantitative estimate of drug-likeness (QED) is 0.709. The molecule has 0 aliphatic rings. The molecule has 1 rings (SSSR count). The summed E-state index contributed by atoms with van der Waals surface area (Å²) in [5.41, 5.74) is -0.522. The van der Waals surface area contributed by atoms with E-state index in [1.165, 1.54) is 0 Å². The topological polar surface area (TPSA) is 69.6 Å². The van der Waals surface area contributed by atoms with Gasteiger partial charge in [-0.25, -0.2) is 13.6 Å². The van der Waals surface area contributed by atoms with E-state index in [4.69, 9.17) is 21.8 Å². The van der Waals surface area contributed by atoms with Crippen LogP contribution in [-0.4, -0.2) is 34.7 Å². The standard InChI is InChI=1S/C10H10ClF2NO3/c11-3-5(15)4-14-9-2-8(13)7(12)1-6(9)10(16)17/h1-2,5,14-15H,3-4H2,(H,16,17). The second-order valence-electron chi connectivity index (χ2n) is 3.31. The number of carboxylic acids is 1. The summed E-state index contributed by atoms with van der Waals surface area (Å²) < 4.78 is 25.8. The second-order valence-corrected chi connectivity index (χ2v) is 3.61. The fourth-order valence-corrected chi connectivity index (χ4v) is 1.26. The van der Waals surface area contributed by atoms with E-state index in [2.05, 4.69) is 5.32 Å². The third-order valence-corrected chi connectivity index (χ3v) is 2.35. The molecule has 0 saturated heterocycles. The highest BCUT2D eigenvalue weighted by atomic mass is 35.5. The molecule has 0 fully saturated rings. The van der Waals surface area contributed by atoms with Gasteiger partial charge in [0.1, 0.15) is 0 Å². The van der Waals surface area contributed by atoms with E-state index >= 15 is 0 Å². The van der Waals surface area contributed by atoms with Gasteiger partial charge in [-0.2, -0.15) is 0 Å². The maximum absolute atomic E-state index is 12.9. The predicted octanol–water partition coefficient (Wildman–Crippen LogP) is 1.67. The minimum atomic E-state index is -1.40. The Morgan fingerprint density at radius 3 is 2.53 bits per heavy atom. The molecule has 1 atom stereocenters. The zero-order chi connectivity index (χ0) is 13.0. The summed E-state index contributed by atoms with van der Waals surface area (Å²) in [4.78, 5) is 10.8. The lowest BCUT2D eigenvalue weighted by molar-refractivity contribution is 0.0697. The second kappa shape index (κ2) is 5.79. The molecule has 1 aromatic carbocycles. The summed E-state index contributed by atoms with van der Waals surface area (Å²) in [5.74, 6) is -3.87. The zero-order valence-corrected chi connectivity index (χ0v) is 9.34. The fourth-order valence-electron chi connectivity index (χ4n) is 1.15. The molecule has 94 valence electrons. The SMILES string of the molecule is O=C(O)c1cc(F)c(F)cc1NCC(O)CCl. The average molecular weight is 266 g/mol. The first kappa shape index (κ1) is 13.7. The number of alkyl halides is 1. The van der Waals surface area contributed by atoms with E-state index in [1.54, 1.807) is 0 Å². The van der Waals surface area contributed by atoms with Crippen molar-refractivity contribution in [2.45, 2.75) is 6.10 Å². The van der Waals surface area contributed by atoms with E-state index in [-0.39, 0.29) is 18.1 Å². The van der Waals surface area contributed by atoms with Crippen molar-refractivity contribution in [3.05, 3.63) is 29.3 Å².